The van der Waals surface area contributed by atoms with Crippen LogP contribution in [0.15, 0.2) is 36.4 Å². The van der Waals surface area contributed by atoms with Gasteiger partial charge in [0.25, 0.3) is 0 Å². The summed E-state index contributed by atoms with van der Waals surface area (Å²) in [6, 6.07) is 3.85. The number of halogens is 3. The summed E-state index contributed by atoms with van der Waals surface area (Å²) in [6.07, 6.45) is -2.51. The van der Waals surface area contributed by atoms with Gasteiger partial charge in [-0.1, -0.05) is 12.1 Å². The van der Waals surface area contributed by atoms with E-state index in [1.165, 1.54) is 18.2 Å². The zero-order valence-electron chi connectivity index (χ0n) is 6.43. The second-order valence-corrected chi connectivity index (χ2v) is 2.17. The quantitative estimate of drug-likeness (QED) is 0.573. The molecule has 1 aromatic carbocycles. The maximum atomic E-state index is 12.2. The lowest BCUT2D eigenvalue weighted by atomic mass is 10.3. The Balaban J connectivity index is 2.87. The Bertz CT molecular complexity index is 334. The molecule has 13 heavy (non-hydrogen) atoms. The van der Waals surface area contributed by atoms with Crippen LogP contribution in [-0.4, -0.2) is 0 Å². The van der Waals surface area contributed by atoms with Gasteiger partial charge in [-0.05, 0) is 12.1 Å². The molecule has 0 radical (unpaired) electrons. The topological polar surface area (TPSA) is 35.2 Å². The van der Waals surface area contributed by atoms with E-state index in [9.17, 15) is 13.2 Å². The lowest BCUT2D eigenvalue weighted by Crippen LogP contribution is -1.95. The summed E-state index contributed by atoms with van der Waals surface area (Å²) in [4.78, 5) is 0. The molecule has 0 saturated carbocycles. The van der Waals surface area contributed by atoms with Gasteiger partial charge >= 0.3 is 12.1 Å². The second kappa shape index (κ2) is 3.84. The van der Waals surface area contributed by atoms with E-state index in [1.807, 2.05) is 0 Å². The van der Waals surface area contributed by atoms with Crippen LogP contribution in [0.3, 0.4) is 0 Å². The van der Waals surface area contributed by atoms with Gasteiger partial charge in [0, 0.05) is 0 Å². The van der Waals surface area contributed by atoms with Crippen LogP contribution >= 0.6 is 0 Å². The maximum absolute atomic E-state index is 12.2. The molecule has 2 N–H and O–H groups in total. The normalized spacial score (nSPS) is 9.46. The Hall–Kier alpha value is -1.65. The minimum atomic E-state index is -2.51. The number of benzene rings is 1. The van der Waals surface area contributed by atoms with Crippen molar-refractivity contribution >= 4 is 5.69 Å². The first-order chi connectivity index (χ1) is 6.11. The first-order valence-electron chi connectivity index (χ1n) is 3.34. The Morgan fingerprint density at radius 1 is 1.15 bits per heavy atom. The molecule has 0 aliphatic rings. The fraction of sp³-hybridized carbons (Fsp3) is 0. The van der Waals surface area contributed by atoms with Gasteiger partial charge in [-0.2, -0.15) is 13.2 Å². The number of nitrogen functional groups attached to an aromatic ring is 1. The minimum absolute atomic E-state index is 0.0962. The van der Waals surface area contributed by atoms with Crippen LogP contribution in [0.2, 0.25) is 0 Å². The molecule has 1 aromatic rings. The summed E-state index contributed by atoms with van der Waals surface area (Å²) in [5.74, 6) is -0.132. The van der Waals surface area contributed by atoms with Crippen molar-refractivity contribution < 1.29 is 17.9 Å². The molecule has 0 aromatic heterocycles. The molecule has 0 heterocycles. The highest BCUT2D eigenvalue weighted by molar-refractivity contribution is 5.52. The number of hydrogen-bond donors (Lipinski definition) is 1. The smallest absolute Gasteiger partial charge is 0.344 e. The molecule has 5 heteroatoms. The Morgan fingerprint density at radius 3 is 2.31 bits per heavy atom. The van der Waals surface area contributed by atoms with E-state index in [0.29, 0.717) is 0 Å². The highest BCUT2D eigenvalue weighted by atomic mass is 19.3. The van der Waals surface area contributed by atoms with Gasteiger partial charge in [-0.15, -0.1) is 0 Å². The summed E-state index contributed by atoms with van der Waals surface area (Å²) >= 11 is 0. The molecule has 0 fully saturated rings. The molecule has 0 unspecified atom stereocenters. The second-order valence-electron chi connectivity index (χ2n) is 2.17. The van der Waals surface area contributed by atoms with Crippen molar-refractivity contribution in [3.8, 4) is 5.75 Å². The predicted octanol–water partition coefficient (Wildman–Crippen LogP) is 2.68. The van der Waals surface area contributed by atoms with Crippen molar-refractivity contribution in [1.82, 2.24) is 0 Å². The van der Waals surface area contributed by atoms with E-state index >= 15 is 0 Å². The van der Waals surface area contributed by atoms with Gasteiger partial charge in [-0.3, -0.25) is 0 Å². The first kappa shape index (κ1) is 9.44. The molecule has 70 valence electrons. The van der Waals surface area contributed by atoms with Gasteiger partial charge in [0.2, 0.25) is 0 Å². The third kappa shape index (κ3) is 2.40. The van der Waals surface area contributed by atoms with Crippen molar-refractivity contribution in [3.63, 3.8) is 0 Å². The monoisotopic (exact) mass is 189 g/mol. The number of nitrogens with two attached hydrogens (primary N) is 1. The fourth-order valence-electron chi connectivity index (χ4n) is 0.709. The number of hydrogen-bond acceptors (Lipinski definition) is 2. The van der Waals surface area contributed by atoms with E-state index in [2.05, 4.69) is 4.74 Å². The SMILES string of the molecule is Nc1ccccc1OC(F)=C(F)F. The minimum Gasteiger partial charge on any atom is -0.426 e. The van der Waals surface area contributed by atoms with E-state index in [1.54, 1.807) is 6.07 Å². The van der Waals surface area contributed by atoms with E-state index in [0.717, 1.165) is 0 Å². The number of ether oxygens (including phenoxy) is 1. The standard InChI is InChI=1S/C8H6F3NO/c9-7(10)8(11)13-6-4-2-1-3-5(6)12/h1-4H,12H2. The van der Waals surface area contributed by atoms with Gasteiger partial charge < -0.3 is 10.5 Å². The van der Waals surface area contributed by atoms with E-state index < -0.39 is 12.1 Å². The maximum Gasteiger partial charge on any atom is 0.344 e. The van der Waals surface area contributed by atoms with Crippen LogP contribution in [0.25, 0.3) is 0 Å². The van der Waals surface area contributed by atoms with Crippen molar-refractivity contribution in [1.29, 1.82) is 0 Å². The molecule has 0 atom stereocenters. The third-order valence-corrected chi connectivity index (χ3v) is 1.27. The molecule has 0 bridgehead atoms. The van der Waals surface area contributed by atoms with Crippen molar-refractivity contribution in [3.05, 3.63) is 36.4 Å². The first-order valence-corrected chi connectivity index (χ1v) is 3.34. The Morgan fingerprint density at radius 2 is 1.77 bits per heavy atom. The van der Waals surface area contributed by atoms with Crippen LogP contribution in [-0.2, 0) is 0 Å². The summed E-state index contributed by atoms with van der Waals surface area (Å²) in [5, 5.41) is 0. The molecular formula is C8H6F3NO. The van der Waals surface area contributed by atoms with Crippen LogP contribution in [0.4, 0.5) is 18.9 Å². The third-order valence-electron chi connectivity index (χ3n) is 1.27. The number of anilines is 1. The molecule has 0 amide bonds. The van der Waals surface area contributed by atoms with Crippen LogP contribution in [0.5, 0.6) is 5.75 Å². The molecule has 1 rings (SSSR count). The molecular weight excluding hydrogens is 183 g/mol. The molecule has 2 nitrogen and oxygen atoms in total. The molecule has 0 aliphatic carbocycles. The Labute approximate surface area is 72.4 Å². The van der Waals surface area contributed by atoms with E-state index in [4.69, 9.17) is 5.73 Å². The highest BCUT2D eigenvalue weighted by Crippen LogP contribution is 2.24. The molecule has 0 aliphatic heterocycles. The van der Waals surface area contributed by atoms with Gasteiger partial charge in [0.1, 0.15) is 0 Å². The van der Waals surface area contributed by atoms with Gasteiger partial charge in [-0.25, -0.2) is 0 Å². The van der Waals surface area contributed by atoms with Crippen LogP contribution < -0.4 is 10.5 Å². The Kier molecular flexibility index (Phi) is 2.79. The lowest BCUT2D eigenvalue weighted by Gasteiger charge is -2.03. The summed E-state index contributed by atoms with van der Waals surface area (Å²) in [7, 11) is 0. The predicted molar refractivity (Wildman–Crippen MR) is 41.8 cm³/mol. The van der Waals surface area contributed by atoms with Gasteiger partial charge in [0.05, 0.1) is 5.69 Å². The largest absolute Gasteiger partial charge is 0.426 e. The number of para-hydroxylation sites is 2. The average molecular weight is 189 g/mol. The van der Waals surface area contributed by atoms with Crippen molar-refractivity contribution in [2.75, 3.05) is 5.73 Å². The van der Waals surface area contributed by atoms with Crippen LogP contribution in [0, 0.1) is 0 Å². The highest BCUT2D eigenvalue weighted by Gasteiger charge is 2.08. The summed E-state index contributed by atoms with van der Waals surface area (Å²) in [6.45, 7) is 0. The zero-order valence-corrected chi connectivity index (χ0v) is 6.43. The van der Waals surface area contributed by atoms with E-state index in [-0.39, 0.29) is 11.4 Å². The summed E-state index contributed by atoms with van der Waals surface area (Å²) < 4.78 is 39.6. The zero-order chi connectivity index (χ0) is 9.84. The lowest BCUT2D eigenvalue weighted by molar-refractivity contribution is 0.242. The van der Waals surface area contributed by atoms with Crippen molar-refractivity contribution in [2.45, 2.75) is 0 Å². The van der Waals surface area contributed by atoms with Gasteiger partial charge in [0.15, 0.2) is 5.75 Å². The molecule has 0 spiro atoms. The van der Waals surface area contributed by atoms with Crippen LogP contribution in [0.1, 0.15) is 0 Å². The number of rotatable bonds is 2. The fourth-order valence-corrected chi connectivity index (χ4v) is 0.709. The summed E-state index contributed by atoms with van der Waals surface area (Å²) in [5.41, 5.74) is 5.41. The molecule has 0 saturated heterocycles. The van der Waals surface area contributed by atoms with Crippen molar-refractivity contribution in [2.24, 2.45) is 0 Å². The average Bonchev–Trinajstić information content (AvgIpc) is 2.08.